The molecule has 2 aliphatic heterocycles. The molecule has 2 heterocycles. The second-order valence-electron chi connectivity index (χ2n) is 7.42. The summed E-state index contributed by atoms with van der Waals surface area (Å²) in [7, 11) is 1.57. The standard InChI is InChI=1S/C24H19FN2O4/c1-30-19-9-5-6-15(14-19)21-20-22(31-27(21)18-7-3-2-4-8-18)24(29)26(23(20)28)17-12-10-16(25)11-13-17/h2-14,20-22H,1H3/t20-,21-,22+/m0/s1. The average Bonchev–Trinajstić information content (AvgIpc) is 3.31. The van der Waals surface area contributed by atoms with Crippen molar-refractivity contribution in [2.24, 2.45) is 5.92 Å². The largest absolute Gasteiger partial charge is 0.497 e. The molecule has 0 N–H and O–H groups in total. The Labute approximate surface area is 178 Å². The van der Waals surface area contributed by atoms with Crippen molar-refractivity contribution in [1.29, 1.82) is 0 Å². The lowest BCUT2D eigenvalue weighted by atomic mass is 9.90. The number of fused-ring (bicyclic) bond motifs is 1. The highest BCUT2D eigenvalue weighted by atomic mass is 19.1. The molecule has 0 radical (unpaired) electrons. The van der Waals surface area contributed by atoms with Crippen molar-refractivity contribution < 1.29 is 23.6 Å². The monoisotopic (exact) mass is 418 g/mol. The van der Waals surface area contributed by atoms with E-state index in [9.17, 15) is 14.0 Å². The van der Waals surface area contributed by atoms with E-state index >= 15 is 0 Å². The molecule has 7 heteroatoms. The van der Waals surface area contributed by atoms with Gasteiger partial charge in [-0.05, 0) is 54.1 Å². The molecule has 0 bridgehead atoms. The summed E-state index contributed by atoms with van der Waals surface area (Å²) in [4.78, 5) is 33.8. The number of carbonyl (C=O) groups excluding carboxylic acids is 2. The summed E-state index contributed by atoms with van der Waals surface area (Å²) in [6, 6.07) is 21.5. The van der Waals surface area contributed by atoms with Crippen molar-refractivity contribution in [3.8, 4) is 5.75 Å². The van der Waals surface area contributed by atoms with Gasteiger partial charge in [-0.2, -0.15) is 0 Å². The Morgan fingerprint density at radius 1 is 0.871 bits per heavy atom. The Morgan fingerprint density at radius 2 is 1.61 bits per heavy atom. The number of para-hydroxylation sites is 1. The van der Waals surface area contributed by atoms with Crippen molar-refractivity contribution >= 4 is 23.2 Å². The number of hydrogen-bond donors (Lipinski definition) is 0. The van der Waals surface area contributed by atoms with E-state index in [4.69, 9.17) is 9.57 Å². The number of nitrogens with zero attached hydrogens (tertiary/aromatic N) is 2. The van der Waals surface area contributed by atoms with Gasteiger partial charge in [-0.1, -0.05) is 30.3 Å². The smallest absolute Gasteiger partial charge is 0.266 e. The highest BCUT2D eigenvalue weighted by molar-refractivity contribution is 6.23. The number of carbonyl (C=O) groups is 2. The topological polar surface area (TPSA) is 59.1 Å². The quantitative estimate of drug-likeness (QED) is 0.602. The zero-order valence-corrected chi connectivity index (χ0v) is 16.6. The maximum atomic E-state index is 13.5. The highest BCUT2D eigenvalue weighted by Crippen LogP contribution is 2.47. The van der Waals surface area contributed by atoms with E-state index in [-0.39, 0.29) is 5.91 Å². The predicted octanol–water partition coefficient (Wildman–Crippen LogP) is 3.89. The van der Waals surface area contributed by atoms with E-state index in [1.165, 1.54) is 24.3 Å². The number of methoxy groups -OCH3 is 1. The van der Waals surface area contributed by atoms with Gasteiger partial charge in [-0.15, -0.1) is 0 Å². The summed E-state index contributed by atoms with van der Waals surface area (Å²) in [6.45, 7) is 0. The van der Waals surface area contributed by atoms with Gasteiger partial charge in [-0.3, -0.25) is 14.4 Å². The van der Waals surface area contributed by atoms with Crippen LogP contribution < -0.4 is 14.7 Å². The van der Waals surface area contributed by atoms with Gasteiger partial charge < -0.3 is 4.74 Å². The number of imide groups is 1. The van der Waals surface area contributed by atoms with Gasteiger partial charge in [0.1, 0.15) is 17.5 Å². The zero-order valence-electron chi connectivity index (χ0n) is 16.6. The number of benzene rings is 3. The Bertz CT molecular complexity index is 1140. The molecular formula is C24H19FN2O4. The number of halogens is 1. The Kier molecular flexibility index (Phi) is 4.67. The minimum atomic E-state index is -0.978. The normalized spacial score (nSPS) is 22.7. The van der Waals surface area contributed by atoms with Crippen molar-refractivity contribution in [3.63, 3.8) is 0 Å². The summed E-state index contributed by atoms with van der Waals surface area (Å²) >= 11 is 0. The van der Waals surface area contributed by atoms with Gasteiger partial charge in [0, 0.05) is 0 Å². The van der Waals surface area contributed by atoms with E-state index < -0.39 is 29.8 Å². The maximum Gasteiger partial charge on any atom is 0.266 e. The SMILES string of the molecule is COc1cccc([C@H]2[C@@H]3C(=O)N(c4ccc(F)cc4)C(=O)[C@@H]3ON2c2ccccc2)c1. The summed E-state index contributed by atoms with van der Waals surface area (Å²) in [5, 5.41) is 1.63. The molecule has 0 unspecified atom stereocenters. The minimum absolute atomic E-state index is 0.324. The molecule has 3 atom stereocenters. The molecule has 3 aromatic carbocycles. The van der Waals surface area contributed by atoms with Crippen molar-refractivity contribution in [2.45, 2.75) is 12.1 Å². The van der Waals surface area contributed by atoms with Gasteiger partial charge in [-0.25, -0.2) is 14.4 Å². The van der Waals surface area contributed by atoms with E-state index in [0.29, 0.717) is 11.4 Å². The highest BCUT2D eigenvalue weighted by Gasteiger charge is 2.60. The molecule has 156 valence electrons. The molecule has 2 aliphatic rings. The van der Waals surface area contributed by atoms with Crippen LogP contribution in [0, 0.1) is 11.7 Å². The summed E-state index contributed by atoms with van der Waals surface area (Å²) in [5.41, 5.74) is 1.85. The molecule has 31 heavy (non-hydrogen) atoms. The van der Waals surface area contributed by atoms with Crippen molar-refractivity contribution in [1.82, 2.24) is 0 Å². The van der Waals surface area contributed by atoms with Gasteiger partial charge in [0.25, 0.3) is 5.91 Å². The number of hydroxylamine groups is 1. The Hall–Kier alpha value is -3.71. The first-order valence-corrected chi connectivity index (χ1v) is 9.87. The van der Waals surface area contributed by atoms with Gasteiger partial charge >= 0.3 is 0 Å². The number of anilines is 2. The lowest BCUT2D eigenvalue weighted by molar-refractivity contribution is -0.126. The fourth-order valence-electron chi connectivity index (χ4n) is 4.22. The van der Waals surface area contributed by atoms with E-state index in [1.807, 2.05) is 54.6 Å². The van der Waals surface area contributed by atoms with Crippen molar-refractivity contribution in [3.05, 3.63) is 90.2 Å². The van der Waals surface area contributed by atoms with Gasteiger partial charge in [0.15, 0.2) is 6.10 Å². The minimum Gasteiger partial charge on any atom is -0.497 e. The number of hydrogen-bond acceptors (Lipinski definition) is 5. The summed E-state index contributed by atoms with van der Waals surface area (Å²) in [6.07, 6.45) is -0.978. The van der Waals surface area contributed by atoms with Crippen LogP contribution in [-0.4, -0.2) is 25.0 Å². The third-order valence-corrected chi connectivity index (χ3v) is 5.65. The van der Waals surface area contributed by atoms with Crippen LogP contribution in [-0.2, 0) is 14.4 Å². The molecule has 2 saturated heterocycles. The predicted molar refractivity (Wildman–Crippen MR) is 112 cm³/mol. The fourth-order valence-corrected chi connectivity index (χ4v) is 4.22. The van der Waals surface area contributed by atoms with Crippen LogP contribution in [0.2, 0.25) is 0 Å². The van der Waals surface area contributed by atoms with Gasteiger partial charge in [0.05, 0.1) is 24.5 Å². The first kappa shape index (κ1) is 19.3. The van der Waals surface area contributed by atoms with Crippen molar-refractivity contribution in [2.75, 3.05) is 17.1 Å². The van der Waals surface area contributed by atoms with Crippen LogP contribution >= 0.6 is 0 Å². The zero-order chi connectivity index (χ0) is 21.5. The maximum absolute atomic E-state index is 13.5. The molecule has 0 aromatic heterocycles. The Morgan fingerprint density at radius 3 is 2.32 bits per heavy atom. The molecule has 0 aliphatic carbocycles. The lowest BCUT2D eigenvalue weighted by Crippen LogP contribution is -2.37. The summed E-state index contributed by atoms with van der Waals surface area (Å²) < 4.78 is 18.7. The number of rotatable bonds is 4. The second-order valence-corrected chi connectivity index (χ2v) is 7.42. The van der Waals surface area contributed by atoms with Crippen LogP contribution in [0.1, 0.15) is 11.6 Å². The first-order valence-electron chi connectivity index (χ1n) is 9.87. The molecule has 2 fully saturated rings. The van der Waals surface area contributed by atoms with Crippen LogP contribution in [0.15, 0.2) is 78.9 Å². The van der Waals surface area contributed by atoms with Crippen LogP contribution in [0.5, 0.6) is 5.75 Å². The van der Waals surface area contributed by atoms with E-state index in [2.05, 4.69) is 0 Å². The molecule has 0 saturated carbocycles. The number of ether oxygens (including phenoxy) is 1. The molecule has 6 nitrogen and oxygen atoms in total. The summed E-state index contributed by atoms with van der Waals surface area (Å²) in [5.74, 6) is -1.41. The third-order valence-electron chi connectivity index (χ3n) is 5.65. The lowest BCUT2D eigenvalue weighted by Gasteiger charge is -2.29. The molecule has 5 rings (SSSR count). The Balaban J connectivity index is 1.59. The average molecular weight is 418 g/mol. The van der Waals surface area contributed by atoms with E-state index in [1.54, 1.807) is 12.2 Å². The second kappa shape index (κ2) is 7.52. The molecule has 0 spiro atoms. The molecule has 3 aromatic rings. The van der Waals surface area contributed by atoms with E-state index in [0.717, 1.165) is 16.2 Å². The molecular weight excluding hydrogens is 399 g/mol. The fraction of sp³-hybridized carbons (Fsp3) is 0.167. The third kappa shape index (κ3) is 3.14. The number of amides is 2. The van der Waals surface area contributed by atoms with Crippen LogP contribution in [0.3, 0.4) is 0 Å². The van der Waals surface area contributed by atoms with Gasteiger partial charge in [0.2, 0.25) is 5.91 Å². The first-order chi connectivity index (χ1) is 15.1. The molecule has 2 amide bonds. The van der Waals surface area contributed by atoms with Crippen LogP contribution in [0.25, 0.3) is 0 Å². The van der Waals surface area contributed by atoms with Crippen LogP contribution in [0.4, 0.5) is 15.8 Å².